The standard InChI is InChI=1S/C20H23NO4/c1-4-25-14-10-8-13(9-11-14)18-17(20(23)24-3)12(2)21-15-6-5-7-16(22)19(15)18/h8-11,18,21H,4-7H2,1-3H3/t18-/m0/s1. The van der Waals surface area contributed by atoms with Crippen molar-refractivity contribution < 1.29 is 19.1 Å². The van der Waals surface area contributed by atoms with E-state index in [0.717, 1.165) is 35.5 Å². The fourth-order valence-corrected chi connectivity index (χ4v) is 3.62. The van der Waals surface area contributed by atoms with Gasteiger partial charge in [0.15, 0.2) is 5.78 Å². The highest BCUT2D eigenvalue weighted by molar-refractivity contribution is 6.03. The molecule has 0 amide bonds. The Hall–Kier alpha value is -2.56. The summed E-state index contributed by atoms with van der Waals surface area (Å²) in [6.45, 7) is 4.38. The summed E-state index contributed by atoms with van der Waals surface area (Å²) in [5.74, 6) is 0.0622. The molecule has 25 heavy (non-hydrogen) atoms. The molecule has 1 aromatic carbocycles. The minimum absolute atomic E-state index is 0.0986. The number of esters is 1. The van der Waals surface area contributed by atoms with Crippen LogP contribution in [0.3, 0.4) is 0 Å². The fraction of sp³-hybridized carbons (Fsp3) is 0.400. The molecule has 5 heteroatoms. The lowest BCUT2D eigenvalue weighted by atomic mass is 9.75. The number of ketones is 1. The highest BCUT2D eigenvalue weighted by Gasteiger charge is 2.38. The molecule has 0 bridgehead atoms. The first kappa shape index (κ1) is 17.3. The Balaban J connectivity index is 2.10. The van der Waals surface area contributed by atoms with Crippen LogP contribution in [0.15, 0.2) is 46.8 Å². The second-order valence-corrected chi connectivity index (χ2v) is 6.26. The average molecular weight is 341 g/mol. The summed E-state index contributed by atoms with van der Waals surface area (Å²) in [4.78, 5) is 25.1. The highest BCUT2D eigenvalue weighted by Crippen LogP contribution is 2.42. The van der Waals surface area contributed by atoms with Crippen molar-refractivity contribution in [3.05, 3.63) is 52.4 Å². The minimum Gasteiger partial charge on any atom is -0.494 e. The first-order valence-corrected chi connectivity index (χ1v) is 8.62. The summed E-state index contributed by atoms with van der Waals surface area (Å²) in [7, 11) is 1.37. The monoisotopic (exact) mass is 341 g/mol. The summed E-state index contributed by atoms with van der Waals surface area (Å²) in [6.07, 6.45) is 2.17. The van der Waals surface area contributed by atoms with Gasteiger partial charge in [-0.2, -0.15) is 0 Å². The van der Waals surface area contributed by atoms with Gasteiger partial charge in [-0.3, -0.25) is 4.79 Å². The van der Waals surface area contributed by atoms with Gasteiger partial charge in [-0.05, 0) is 44.4 Å². The van der Waals surface area contributed by atoms with Gasteiger partial charge >= 0.3 is 5.97 Å². The van der Waals surface area contributed by atoms with Gasteiger partial charge in [0.25, 0.3) is 0 Å². The molecule has 2 aliphatic rings. The molecule has 0 unspecified atom stereocenters. The van der Waals surface area contributed by atoms with Crippen LogP contribution in [0.2, 0.25) is 0 Å². The van der Waals surface area contributed by atoms with Gasteiger partial charge < -0.3 is 14.8 Å². The van der Waals surface area contributed by atoms with Crippen LogP contribution in [0, 0.1) is 0 Å². The third kappa shape index (κ3) is 3.18. The van der Waals surface area contributed by atoms with E-state index in [-0.39, 0.29) is 5.78 Å². The van der Waals surface area contributed by atoms with Crippen LogP contribution < -0.4 is 10.1 Å². The second-order valence-electron chi connectivity index (χ2n) is 6.26. The number of ether oxygens (including phenoxy) is 2. The normalized spacial score (nSPS) is 20.1. The van der Waals surface area contributed by atoms with Crippen LogP contribution in [-0.4, -0.2) is 25.5 Å². The summed E-state index contributed by atoms with van der Waals surface area (Å²) >= 11 is 0. The quantitative estimate of drug-likeness (QED) is 0.852. The van der Waals surface area contributed by atoms with E-state index < -0.39 is 11.9 Å². The third-order valence-corrected chi connectivity index (χ3v) is 4.71. The molecular formula is C20H23NO4. The summed E-state index contributed by atoms with van der Waals surface area (Å²) in [5.41, 5.74) is 3.77. The Morgan fingerprint density at radius 2 is 1.96 bits per heavy atom. The predicted molar refractivity (Wildman–Crippen MR) is 94.1 cm³/mol. The van der Waals surface area contributed by atoms with E-state index in [1.54, 1.807) is 0 Å². The van der Waals surface area contributed by atoms with E-state index >= 15 is 0 Å². The molecule has 0 spiro atoms. The SMILES string of the molecule is CCOc1ccc([C@H]2C(C(=O)OC)=C(C)NC3=C2C(=O)CCC3)cc1. The second kappa shape index (κ2) is 7.13. The average Bonchev–Trinajstić information content (AvgIpc) is 2.61. The van der Waals surface area contributed by atoms with Crippen LogP contribution in [-0.2, 0) is 14.3 Å². The van der Waals surface area contributed by atoms with Gasteiger partial charge in [0.05, 0.1) is 19.3 Å². The lowest BCUT2D eigenvalue weighted by Crippen LogP contribution is -2.34. The molecule has 1 aromatic rings. The number of hydrogen-bond donors (Lipinski definition) is 1. The Labute approximate surface area is 147 Å². The van der Waals surface area contributed by atoms with Gasteiger partial charge in [-0.15, -0.1) is 0 Å². The molecule has 1 heterocycles. The number of hydrogen-bond acceptors (Lipinski definition) is 5. The molecule has 1 aliphatic carbocycles. The molecule has 5 nitrogen and oxygen atoms in total. The number of Topliss-reactive ketones (excluding diaryl/α,β-unsaturated/α-hetero) is 1. The third-order valence-electron chi connectivity index (χ3n) is 4.71. The fourth-order valence-electron chi connectivity index (χ4n) is 3.62. The maximum Gasteiger partial charge on any atom is 0.336 e. The van der Waals surface area contributed by atoms with E-state index in [4.69, 9.17) is 9.47 Å². The van der Waals surface area contributed by atoms with Crippen molar-refractivity contribution in [3.8, 4) is 5.75 Å². The molecule has 0 aromatic heterocycles. The number of carbonyl (C=O) groups is 2. The van der Waals surface area contributed by atoms with Crippen LogP contribution >= 0.6 is 0 Å². The molecule has 1 N–H and O–H groups in total. The Bertz CT molecular complexity index is 758. The highest BCUT2D eigenvalue weighted by atomic mass is 16.5. The number of dihydropyridines is 1. The van der Waals surface area contributed by atoms with Gasteiger partial charge in [-0.25, -0.2) is 4.79 Å². The Morgan fingerprint density at radius 1 is 1.24 bits per heavy atom. The number of benzene rings is 1. The first-order valence-electron chi connectivity index (χ1n) is 8.62. The van der Waals surface area contributed by atoms with E-state index in [1.165, 1.54) is 7.11 Å². The Kier molecular flexibility index (Phi) is 4.93. The minimum atomic E-state index is -0.409. The van der Waals surface area contributed by atoms with Crippen molar-refractivity contribution in [2.45, 2.75) is 39.0 Å². The maximum absolute atomic E-state index is 12.6. The van der Waals surface area contributed by atoms with Gasteiger partial charge in [0, 0.05) is 29.3 Å². The van der Waals surface area contributed by atoms with Crippen LogP contribution in [0.1, 0.15) is 44.6 Å². The van der Waals surface area contributed by atoms with Crippen LogP contribution in [0.25, 0.3) is 0 Å². The molecular weight excluding hydrogens is 318 g/mol. The van der Waals surface area contributed by atoms with E-state index in [1.807, 2.05) is 38.1 Å². The maximum atomic E-state index is 12.6. The van der Waals surface area contributed by atoms with Crippen molar-refractivity contribution in [2.24, 2.45) is 0 Å². The van der Waals surface area contributed by atoms with Gasteiger partial charge in [0.2, 0.25) is 0 Å². The number of allylic oxidation sites excluding steroid dienone is 3. The zero-order valence-corrected chi connectivity index (χ0v) is 14.8. The van der Waals surface area contributed by atoms with E-state index in [0.29, 0.717) is 24.2 Å². The van der Waals surface area contributed by atoms with Crippen LogP contribution in [0.4, 0.5) is 0 Å². The van der Waals surface area contributed by atoms with Gasteiger partial charge in [-0.1, -0.05) is 12.1 Å². The zero-order chi connectivity index (χ0) is 18.0. The number of nitrogens with one attached hydrogen (secondary N) is 1. The lowest BCUT2D eigenvalue weighted by Gasteiger charge is -2.34. The van der Waals surface area contributed by atoms with Crippen molar-refractivity contribution in [1.82, 2.24) is 5.32 Å². The molecule has 1 aliphatic heterocycles. The van der Waals surface area contributed by atoms with Crippen LogP contribution in [0.5, 0.6) is 5.75 Å². The molecule has 132 valence electrons. The predicted octanol–water partition coefficient (Wildman–Crippen LogP) is 3.23. The lowest BCUT2D eigenvalue weighted by molar-refractivity contribution is -0.136. The molecule has 0 saturated carbocycles. The zero-order valence-electron chi connectivity index (χ0n) is 14.8. The van der Waals surface area contributed by atoms with Crippen molar-refractivity contribution in [2.75, 3.05) is 13.7 Å². The van der Waals surface area contributed by atoms with Gasteiger partial charge in [0.1, 0.15) is 5.75 Å². The molecule has 3 rings (SSSR count). The topological polar surface area (TPSA) is 64.6 Å². The molecule has 0 radical (unpaired) electrons. The summed E-state index contributed by atoms with van der Waals surface area (Å²) in [6, 6.07) is 7.59. The molecule has 0 saturated heterocycles. The summed E-state index contributed by atoms with van der Waals surface area (Å²) in [5, 5.41) is 3.26. The van der Waals surface area contributed by atoms with Crippen molar-refractivity contribution in [3.63, 3.8) is 0 Å². The number of methoxy groups -OCH3 is 1. The van der Waals surface area contributed by atoms with Crippen molar-refractivity contribution in [1.29, 1.82) is 0 Å². The largest absolute Gasteiger partial charge is 0.494 e. The van der Waals surface area contributed by atoms with E-state index in [9.17, 15) is 9.59 Å². The number of carbonyl (C=O) groups excluding carboxylic acids is 2. The summed E-state index contributed by atoms with van der Waals surface area (Å²) < 4.78 is 10.5. The van der Waals surface area contributed by atoms with E-state index in [2.05, 4.69) is 5.32 Å². The Morgan fingerprint density at radius 3 is 2.60 bits per heavy atom. The first-order chi connectivity index (χ1) is 12.1. The molecule has 0 fully saturated rings. The number of rotatable bonds is 4. The smallest absolute Gasteiger partial charge is 0.336 e. The van der Waals surface area contributed by atoms with Crippen molar-refractivity contribution >= 4 is 11.8 Å². The molecule has 1 atom stereocenters.